The van der Waals surface area contributed by atoms with Gasteiger partial charge < -0.3 is 5.32 Å². The third kappa shape index (κ3) is 4.43. The van der Waals surface area contributed by atoms with Crippen molar-refractivity contribution < 1.29 is 9.59 Å². The van der Waals surface area contributed by atoms with Crippen LogP contribution in [0.5, 0.6) is 0 Å². The molecule has 2 saturated carbocycles. The number of hydrogen-bond acceptors (Lipinski definition) is 3. The number of hydrogen-bond donors (Lipinski definition) is 2. The minimum Gasteiger partial charge on any atom is -0.326 e. The summed E-state index contributed by atoms with van der Waals surface area (Å²) in [6, 6.07) is 7.60. The van der Waals surface area contributed by atoms with E-state index in [1.807, 2.05) is 31.2 Å². The zero-order chi connectivity index (χ0) is 16.9. The van der Waals surface area contributed by atoms with E-state index in [0.717, 1.165) is 55.5 Å². The molecule has 2 fully saturated rings. The van der Waals surface area contributed by atoms with Gasteiger partial charge >= 0.3 is 0 Å². The third-order valence-electron chi connectivity index (χ3n) is 4.83. The molecule has 0 aromatic heterocycles. The van der Waals surface area contributed by atoms with Gasteiger partial charge in [-0.2, -0.15) is 5.10 Å². The number of carbonyl (C=O) groups excluding carboxylic acids is 2. The first-order chi connectivity index (χ1) is 11.6. The van der Waals surface area contributed by atoms with Crippen LogP contribution in [-0.2, 0) is 9.59 Å². The molecule has 2 aliphatic rings. The minimum absolute atomic E-state index is 0.00529. The summed E-state index contributed by atoms with van der Waals surface area (Å²) in [5.41, 5.74) is 5.11. The fourth-order valence-corrected chi connectivity index (χ4v) is 3.04. The Morgan fingerprint density at radius 2 is 1.54 bits per heavy atom. The zero-order valence-electron chi connectivity index (χ0n) is 14.2. The van der Waals surface area contributed by atoms with Crippen molar-refractivity contribution in [3.8, 4) is 0 Å². The molecule has 0 aliphatic heterocycles. The summed E-state index contributed by atoms with van der Waals surface area (Å²) in [7, 11) is 0. The molecule has 0 unspecified atom stereocenters. The molecular weight excluding hydrogens is 302 g/mol. The molecule has 3 rings (SSSR count). The highest BCUT2D eigenvalue weighted by atomic mass is 16.2. The van der Waals surface area contributed by atoms with Crippen LogP contribution in [0.15, 0.2) is 29.4 Å². The lowest BCUT2D eigenvalue weighted by Gasteiger charge is -2.20. The number of hydrazone groups is 1. The number of nitrogens with zero attached hydrogens (tertiary/aromatic N) is 1. The standard InChI is InChI=1S/C19H25N3O2/c1-13(21-22-19(24)16-7-8-16)14-9-11-17(12-10-14)20-18(23)15-5-3-2-4-6-15/h9-12,15-16H,2-8H2,1H3,(H,20,23)(H,22,24). The highest BCUT2D eigenvalue weighted by Gasteiger charge is 2.29. The van der Waals surface area contributed by atoms with Crippen LogP contribution in [0.2, 0.25) is 0 Å². The van der Waals surface area contributed by atoms with E-state index in [1.165, 1.54) is 6.42 Å². The molecule has 2 N–H and O–H groups in total. The monoisotopic (exact) mass is 327 g/mol. The third-order valence-corrected chi connectivity index (χ3v) is 4.83. The van der Waals surface area contributed by atoms with Gasteiger partial charge in [0.1, 0.15) is 0 Å². The van der Waals surface area contributed by atoms with E-state index >= 15 is 0 Å². The van der Waals surface area contributed by atoms with E-state index in [2.05, 4.69) is 15.8 Å². The molecule has 5 heteroatoms. The van der Waals surface area contributed by atoms with Gasteiger partial charge in [-0.3, -0.25) is 9.59 Å². The quantitative estimate of drug-likeness (QED) is 0.642. The second-order valence-electron chi connectivity index (χ2n) is 6.85. The van der Waals surface area contributed by atoms with E-state index in [1.54, 1.807) is 0 Å². The van der Waals surface area contributed by atoms with Crippen LogP contribution in [0, 0.1) is 11.8 Å². The van der Waals surface area contributed by atoms with Crippen LogP contribution in [0.1, 0.15) is 57.4 Å². The minimum atomic E-state index is 0.00529. The van der Waals surface area contributed by atoms with E-state index in [0.29, 0.717) is 0 Å². The van der Waals surface area contributed by atoms with Gasteiger partial charge in [0.25, 0.3) is 0 Å². The van der Waals surface area contributed by atoms with Gasteiger partial charge in [0.05, 0.1) is 5.71 Å². The number of amides is 2. The number of rotatable bonds is 5. The maximum Gasteiger partial charge on any atom is 0.243 e. The topological polar surface area (TPSA) is 70.6 Å². The molecule has 0 bridgehead atoms. The molecule has 0 radical (unpaired) electrons. The van der Waals surface area contributed by atoms with Gasteiger partial charge in [0.15, 0.2) is 0 Å². The highest BCUT2D eigenvalue weighted by Crippen LogP contribution is 2.28. The Morgan fingerprint density at radius 1 is 0.917 bits per heavy atom. The van der Waals surface area contributed by atoms with Crippen LogP contribution in [-0.4, -0.2) is 17.5 Å². The summed E-state index contributed by atoms with van der Waals surface area (Å²) in [4.78, 5) is 23.9. The van der Waals surface area contributed by atoms with E-state index in [-0.39, 0.29) is 23.7 Å². The fourth-order valence-electron chi connectivity index (χ4n) is 3.04. The lowest BCUT2D eigenvalue weighted by Crippen LogP contribution is -2.24. The molecule has 2 aliphatic carbocycles. The molecule has 0 spiro atoms. The first-order valence-electron chi connectivity index (χ1n) is 8.89. The van der Waals surface area contributed by atoms with Gasteiger partial charge in [-0.15, -0.1) is 0 Å². The molecule has 0 saturated heterocycles. The molecule has 0 heterocycles. The van der Waals surface area contributed by atoms with Crippen molar-refractivity contribution in [2.45, 2.75) is 51.9 Å². The Kier molecular flexibility index (Phi) is 5.28. The largest absolute Gasteiger partial charge is 0.326 e. The molecule has 1 aromatic carbocycles. The average molecular weight is 327 g/mol. The fraction of sp³-hybridized carbons (Fsp3) is 0.526. The Labute approximate surface area is 142 Å². The smallest absolute Gasteiger partial charge is 0.243 e. The van der Waals surface area contributed by atoms with Gasteiger partial charge in [-0.05, 0) is 50.3 Å². The van der Waals surface area contributed by atoms with Gasteiger partial charge in [0, 0.05) is 17.5 Å². The summed E-state index contributed by atoms with van der Waals surface area (Å²) < 4.78 is 0. The molecular formula is C19H25N3O2. The highest BCUT2D eigenvalue weighted by molar-refractivity contribution is 6.00. The summed E-state index contributed by atoms with van der Waals surface area (Å²) in [5, 5.41) is 7.15. The molecule has 24 heavy (non-hydrogen) atoms. The summed E-state index contributed by atoms with van der Waals surface area (Å²) in [6.45, 7) is 1.86. The van der Waals surface area contributed by atoms with Crippen molar-refractivity contribution in [1.29, 1.82) is 0 Å². The lowest BCUT2D eigenvalue weighted by molar-refractivity contribution is -0.122. The van der Waals surface area contributed by atoms with Crippen LogP contribution in [0.4, 0.5) is 5.69 Å². The Hall–Kier alpha value is -2.17. The normalized spacial score (nSPS) is 19.0. The Bertz CT molecular complexity index is 627. The SMILES string of the molecule is CC(=NNC(=O)C1CC1)c1ccc(NC(=O)C2CCCCC2)cc1. The van der Waals surface area contributed by atoms with Crippen molar-refractivity contribution >= 4 is 23.2 Å². The number of benzene rings is 1. The maximum atomic E-state index is 12.3. The van der Waals surface area contributed by atoms with Gasteiger partial charge in [-0.1, -0.05) is 31.4 Å². The van der Waals surface area contributed by atoms with Crippen LogP contribution in [0.3, 0.4) is 0 Å². The molecule has 0 atom stereocenters. The molecule has 5 nitrogen and oxygen atoms in total. The summed E-state index contributed by atoms with van der Waals surface area (Å²) >= 11 is 0. The molecule has 128 valence electrons. The Morgan fingerprint density at radius 3 is 2.17 bits per heavy atom. The van der Waals surface area contributed by atoms with Crippen LogP contribution in [0.25, 0.3) is 0 Å². The second-order valence-corrected chi connectivity index (χ2v) is 6.85. The Balaban J connectivity index is 1.55. The summed E-state index contributed by atoms with van der Waals surface area (Å²) in [6.07, 6.45) is 7.48. The van der Waals surface area contributed by atoms with Crippen molar-refractivity contribution in [2.24, 2.45) is 16.9 Å². The average Bonchev–Trinajstić information content (AvgIpc) is 3.46. The second kappa shape index (κ2) is 7.60. The first-order valence-corrected chi connectivity index (χ1v) is 8.89. The number of carbonyl (C=O) groups is 2. The predicted octanol–water partition coefficient (Wildman–Crippen LogP) is 3.46. The summed E-state index contributed by atoms with van der Waals surface area (Å²) in [5.74, 6) is 0.438. The van der Waals surface area contributed by atoms with Crippen LogP contribution >= 0.6 is 0 Å². The van der Waals surface area contributed by atoms with Crippen molar-refractivity contribution in [1.82, 2.24) is 5.43 Å². The number of nitrogens with one attached hydrogen (secondary N) is 2. The van der Waals surface area contributed by atoms with Crippen molar-refractivity contribution in [2.75, 3.05) is 5.32 Å². The maximum absolute atomic E-state index is 12.3. The van der Waals surface area contributed by atoms with Crippen molar-refractivity contribution in [3.05, 3.63) is 29.8 Å². The van der Waals surface area contributed by atoms with Crippen LogP contribution < -0.4 is 10.7 Å². The van der Waals surface area contributed by atoms with Gasteiger partial charge in [-0.25, -0.2) is 5.43 Å². The molecule has 1 aromatic rings. The lowest BCUT2D eigenvalue weighted by atomic mass is 9.88. The number of anilines is 1. The molecule has 2 amide bonds. The predicted molar refractivity (Wildman–Crippen MR) is 94.7 cm³/mol. The van der Waals surface area contributed by atoms with Gasteiger partial charge in [0.2, 0.25) is 11.8 Å². The van der Waals surface area contributed by atoms with Crippen molar-refractivity contribution in [3.63, 3.8) is 0 Å². The van der Waals surface area contributed by atoms with E-state index < -0.39 is 0 Å². The van der Waals surface area contributed by atoms with E-state index in [9.17, 15) is 9.59 Å². The van der Waals surface area contributed by atoms with E-state index in [4.69, 9.17) is 0 Å². The zero-order valence-corrected chi connectivity index (χ0v) is 14.2. The first kappa shape index (κ1) is 16.7.